The molecule has 2 N–H and O–H groups in total. The van der Waals surface area contributed by atoms with Crippen LogP contribution in [0.1, 0.15) is 22.8 Å². The first-order valence-electron chi connectivity index (χ1n) is 7.75. The topological polar surface area (TPSA) is 79.8 Å². The molecule has 0 spiro atoms. The molecule has 1 amide bonds. The van der Waals surface area contributed by atoms with Crippen LogP contribution in [0.5, 0.6) is 0 Å². The van der Waals surface area contributed by atoms with E-state index in [1.54, 1.807) is 23.7 Å². The molecule has 3 rings (SSSR count). The third-order valence-corrected chi connectivity index (χ3v) is 4.74. The summed E-state index contributed by atoms with van der Waals surface area (Å²) in [5.74, 6) is 0.400. The highest BCUT2D eigenvalue weighted by Crippen LogP contribution is 2.22. The summed E-state index contributed by atoms with van der Waals surface area (Å²) in [5, 5.41) is 15.1. The van der Waals surface area contributed by atoms with Crippen molar-refractivity contribution in [1.82, 2.24) is 15.2 Å². The average molecular weight is 408 g/mol. The number of carbonyl (C=O) groups is 1. The van der Waals surface area contributed by atoms with Crippen LogP contribution in [0.3, 0.4) is 0 Å². The number of halogens is 2. The molecule has 1 unspecified atom stereocenters. The lowest BCUT2D eigenvalue weighted by atomic mass is 10.1. The molecule has 0 aliphatic rings. The molecule has 134 valence electrons. The lowest BCUT2D eigenvalue weighted by molar-refractivity contribution is 0.102. The molecule has 6 nitrogen and oxygen atoms in total. The Morgan fingerprint density at radius 1 is 1.27 bits per heavy atom. The Kier molecular flexibility index (Phi) is 6.03. The average Bonchev–Trinajstić information content (AvgIpc) is 3.11. The summed E-state index contributed by atoms with van der Waals surface area (Å²) in [6.07, 6.45) is 2.23. The van der Waals surface area contributed by atoms with Gasteiger partial charge in [0.1, 0.15) is 11.3 Å². The zero-order valence-electron chi connectivity index (χ0n) is 13.7. The van der Waals surface area contributed by atoms with Crippen molar-refractivity contribution in [3.05, 3.63) is 63.2 Å². The van der Waals surface area contributed by atoms with Crippen LogP contribution in [-0.2, 0) is 6.42 Å². The van der Waals surface area contributed by atoms with E-state index in [1.807, 2.05) is 19.1 Å². The third kappa shape index (κ3) is 4.91. The molecule has 2 aromatic heterocycles. The molecular formula is C17H15Cl2N5OS. The minimum Gasteiger partial charge on any atom is -0.367 e. The maximum atomic E-state index is 12.1. The van der Waals surface area contributed by atoms with Crippen LogP contribution in [0.2, 0.25) is 10.0 Å². The number of anilines is 2. The van der Waals surface area contributed by atoms with Crippen LogP contribution in [-0.4, -0.2) is 27.1 Å². The number of rotatable bonds is 6. The van der Waals surface area contributed by atoms with E-state index in [-0.39, 0.29) is 11.9 Å². The van der Waals surface area contributed by atoms with Crippen LogP contribution in [0.15, 0.2) is 42.0 Å². The van der Waals surface area contributed by atoms with Gasteiger partial charge in [0.2, 0.25) is 5.13 Å². The first-order valence-corrected chi connectivity index (χ1v) is 9.39. The van der Waals surface area contributed by atoms with Crippen molar-refractivity contribution in [1.29, 1.82) is 0 Å². The number of benzene rings is 1. The number of amides is 1. The van der Waals surface area contributed by atoms with Gasteiger partial charge in [0.15, 0.2) is 0 Å². The Morgan fingerprint density at radius 3 is 2.77 bits per heavy atom. The van der Waals surface area contributed by atoms with E-state index in [0.717, 1.165) is 12.0 Å². The van der Waals surface area contributed by atoms with Crippen molar-refractivity contribution in [3.63, 3.8) is 0 Å². The van der Waals surface area contributed by atoms with Crippen LogP contribution in [0.4, 0.5) is 10.9 Å². The first-order chi connectivity index (χ1) is 12.5. The zero-order valence-corrected chi connectivity index (χ0v) is 16.1. The lowest BCUT2D eigenvalue weighted by Gasteiger charge is -2.15. The van der Waals surface area contributed by atoms with Gasteiger partial charge in [0.25, 0.3) is 5.91 Å². The van der Waals surface area contributed by atoms with Gasteiger partial charge in [0.05, 0.1) is 5.56 Å². The summed E-state index contributed by atoms with van der Waals surface area (Å²) in [5.41, 5.74) is 3.00. The van der Waals surface area contributed by atoms with Gasteiger partial charge in [-0.3, -0.25) is 10.1 Å². The number of carbonyl (C=O) groups excluding carboxylic acids is 1. The Labute approximate surface area is 164 Å². The highest BCUT2D eigenvalue weighted by atomic mass is 35.5. The summed E-state index contributed by atoms with van der Waals surface area (Å²) >= 11 is 13.4. The fourth-order valence-electron chi connectivity index (χ4n) is 2.33. The third-order valence-electron chi connectivity index (χ3n) is 3.54. The number of hydrogen-bond donors (Lipinski definition) is 2. The SMILES string of the molecule is CC(Cc1ccc(Cl)cc1Cl)Nc1ccc(C(=O)Nc2nncs2)cn1. The minimum absolute atomic E-state index is 0.0993. The standard InChI is InChI=1S/C17H15Cl2N5OS/c1-10(6-11-2-4-13(18)7-14(11)19)22-15-5-3-12(8-20-15)16(25)23-17-24-21-9-26-17/h2-5,7-10H,6H2,1H3,(H,20,22)(H,23,24,25). The van der Waals surface area contributed by atoms with Crippen LogP contribution in [0, 0.1) is 0 Å². The highest BCUT2D eigenvalue weighted by Gasteiger charge is 2.11. The van der Waals surface area contributed by atoms with E-state index in [1.165, 1.54) is 17.5 Å². The number of pyridine rings is 1. The van der Waals surface area contributed by atoms with E-state index in [2.05, 4.69) is 25.8 Å². The van der Waals surface area contributed by atoms with E-state index >= 15 is 0 Å². The fourth-order valence-corrected chi connectivity index (χ4v) is 3.26. The monoisotopic (exact) mass is 407 g/mol. The number of nitrogens with one attached hydrogen (secondary N) is 2. The van der Waals surface area contributed by atoms with Crippen molar-refractivity contribution in [2.75, 3.05) is 10.6 Å². The van der Waals surface area contributed by atoms with Gasteiger partial charge >= 0.3 is 0 Å². The molecule has 26 heavy (non-hydrogen) atoms. The molecule has 0 bridgehead atoms. The Balaban J connectivity index is 1.59. The number of aromatic nitrogens is 3. The number of nitrogens with zero attached hydrogens (tertiary/aromatic N) is 3. The van der Waals surface area contributed by atoms with Gasteiger partial charge in [-0.2, -0.15) is 0 Å². The van der Waals surface area contributed by atoms with Gasteiger partial charge in [-0.1, -0.05) is 40.6 Å². The normalized spacial score (nSPS) is 11.8. The minimum atomic E-state index is -0.276. The molecule has 1 atom stereocenters. The number of hydrogen-bond acceptors (Lipinski definition) is 6. The Morgan fingerprint density at radius 2 is 2.12 bits per heavy atom. The molecule has 0 aliphatic carbocycles. The molecule has 0 saturated heterocycles. The molecule has 0 aliphatic heterocycles. The lowest BCUT2D eigenvalue weighted by Crippen LogP contribution is -2.19. The zero-order chi connectivity index (χ0) is 18.5. The predicted octanol–water partition coefficient (Wildman–Crippen LogP) is 4.54. The van der Waals surface area contributed by atoms with Gasteiger partial charge in [-0.25, -0.2) is 4.98 Å². The predicted molar refractivity (Wildman–Crippen MR) is 105 cm³/mol. The largest absolute Gasteiger partial charge is 0.367 e. The van der Waals surface area contributed by atoms with Crippen molar-refractivity contribution in [3.8, 4) is 0 Å². The second kappa shape index (κ2) is 8.44. The van der Waals surface area contributed by atoms with Crippen molar-refractivity contribution in [2.24, 2.45) is 0 Å². The molecule has 0 fully saturated rings. The van der Waals surface area contributed by atoms with Gasteiger partial charge < -0.3 is 5.32 Å². The second-order valence-corrected chi connectivity index (χ2v) is 7.29. The molecule has 0 saturated carbocycles. The summed E-state index contributed by atoms with van der Waals surface area (Å²) < 4.78 is 0. The van der Waals surface area contributed by atoms with Crippen LogP contribution in [0.25, 0.3) is 0 Å². The van der Waals surface area contributed by atoms with E-state index in [9.17, 15) is 4.79 Å². The van der Waals surface area contributed by atoms with E-state index in [4.69, 9.17) is 23.2 Å². The van der Waals surface area contributed by atoms with Gasteiger partial charge in [-0.05, 0) is 43.2 Å². The van der Waals surface area contributed by atoms with Gasteiger partial charge in [-0.15, -0.1) is 10.2 Å². The maximum Gasteiger partial charge on any atom is 0.259 e. The van der Waals surface area contributed by atoms with Crippen LogP contribution >= 0.6 is 34.5 Å². The van der Waals surface area contributed by atoms with Crippen molar-refractivity contribution < 1.29 is 4.79 Å². The van der Waals surface area contributed by atoms with Gasteiger partial charge in [0, 0.05) is 22.3 Å². The highest BCUT2D eigenvalue weighted by molar-refractivity contribution is 7.13. The first kappa shape index (κ1) is 18.6. The molecule has 0 radical (unpaired) electrons. The quantitative estimate of drug-likeness (QED) is 0.626. The van der Waals surface area contributed by atoms with Crippen molar-refractivity contribution in [2.45, 2.75) is 19.4 Å². The molecule has 1 aromatic carbocycles. The molecule has 9 heteroatoms. The smallest absolute Gasteiger partial charge is 0.259 e. The summed E-state index contributed by atoms with van der Waals surface area (Å²) in [7, 11) is 0. The molecular weight excluding hydrogens is 393 g/mol. The molecule has 2 heterocycles. The Hall–Kier alpha value is -2.22. The van der Waals surface area contributed by atoms with Crippen LogP contribution < -0.4 is 10.6 Å². The Bertz CT molecular complexity index is 887. The summed E-state index contributed by atoms with van der Waals surface area (Å²) in [4.78, 5) is 16.4. The van der Waals surface area contributed by atoms with E-state index < -0.39 is 0 Å². The van der Waals surface area contributed by atoms with Crippen molar-refractivity contribution >= 4 is 51.4 Å². The fraction of sp³-hybridized carbons (Fsp3) is 0.176. The summed E-state index contributed by atoms with van der Waals surface area (Å²) in [6, 6.07) is 9.02. The summed E-state index contributed by atoms with van der Waals surface area (Å²) in [6.45, 7) is 2.03. The van der Waals surface area contributed by atoms with E-state index in [0.29, 0.717) is 26.6 Å². The molecule has 3 aromatic rings. The second-order valence-electron chi connectivity index (χ2n) is 5.62. The maximum absolute atomic E-state index is 12.1.